The summed E-state index contributed by atoms with van der Waals surface area (Å²) in [6, 6.07) is 14.3. The van der Waals surface area contributed by atoms with Crippen LogP contribution >= 0.6 is 0 Å². The van der Waals surface area contributed by atoms with E-state index in [2.05, 4.69) is 32.0 Å². The zero-order valence-electron chi connectivity index (χ0n) is 10.1. The minimum atomic E-state index is 0.108. The second kappa shape index (κ2) is 4.42. The molecule has 0 heterocycles. The van der Waals surface area contributed by atoms with E-state index in [1.54, 1.807) is 0 Å². The van der Waals surface area contributed by atoms with Crippen LogP contribution in [-0.4, -0.2) is 5.84 Å². The van der Waals surface area contributed by atoms with Crippen LogP contribution in [0.2, 0.25) is 0 Å². The maximum atomic E-state index is 7.36. The first-order valence-electron chi connectivity index (χ1n) is 5.59. The topological polar surface area (TPSA) is 49.9 Å². The number of aryl methyl sites for hydroxylation is 2. The number of benzene rings is 2. The number of hydrogen-bond acceptors (Lipinski definition) is 1. The van der Waals surface area contributed by atoms with Gasteiger partial charge in [0.15, 0.2) is 0 Å². The first-order chi connectivity index (χ1) is 8.06. The van der Waals surface area contributed by atoms with E-state index >= 15 is 0 Å². The van der Waals surface area contributed by atoms with Gasteiger partial charge in [0.1, 0.15) is 5.84 Å². The lowest BCUT2D eigenvalue weighted by Crippen LogP contribution is -2.10. The molecule has 0 bridgehead atoms. The molecule has 0 aromatic heterocycles. The molecule has 0 fully saturated rings. The number of nitrogens with two attached hydrogens (primary N) is 1. The fourth-order valence-electron chi connectivity index (χ4n) is 1.98. The molecule has 0 saturated heterocycles. The maximum Gasteiger partial charge on any atom is 0.122 e. The van der Waals surface area contributed by atoms with Gasteiger partial charge in [-0.3, -0.25) is 5.41 Å². The summed E-state index contributed by atoms with van der Waals surface area (Å²) < 4.78 is 0. The molecule has 0 atom stereocenters. The summed E-state index contributed by atoms with van der Waals surface area (Å²) in [6.45, 7) is 4.20. The molecule has 86 valence electrons. The van der Waals surface area contributed by atoms with Crippen molar-refractivity contribution in [2.75, 3.05) is 0 Å². The van der Waals surface area contributed by atoms with Gasteiger partial charge in [0.25, 0.3) is 0 Å². The van der Waals surface area contributed by atoms with Crippen LogP contribution in [0.4, 0.5) is 0 Å². The molecule has 0 spiro atoms. The predicted molar refractivity (Wildman–Crippen MR) is 72.4 cm³/mol. The monoisotopic (exact) mass is 224 g/mol. The molecule has 2 aromatic carbocycles. The van der Waals surface area contributed by atoms with Gasteiger partial charge in [-0.1, -0.05) is 53.6 Å². The lowest BCUT2D eigenvalue weighted by Gasteiger charge is -2.06. The van der Waals surface area contributed by atoms with Crippen molar-refractivity contribution < 1.29 is 0 Å². The highest BCUT2D eigenvalue weighted by Crippen LogP contribution is 2.22. The highest BCUT2D eigenvalue weighted by molar-refractivity contribution is 5.95. The first-order valence-corrected chi connectivity index (χ1v) is 5.59. The van der Waals surface area contributed by atoms with Gasteiger partial charge in [0, 0.05) is 5.56 Å². The minimum Gasteiger partial charge on any atom is -0.384 e. The van der Waals surface area contributed by atoms with Crippen LogP contribution in [-0.2, 0) is 0 Å². The molecule has 2 aromatic rings. The number of nitrogen functional groups attached to an aromatic ring is 1. The normalized spacial score (nSPS) is 10.2. The third-order valence-corrected chi connectivity index (χ3v) is 2.75. The Morgan fingerprint density at radius 1 is 0.882 bits per heavy atom. The molecule has 0 aliphatic rings. The van der Waals surface area contributed by atoms with Gasteiger partial charge in [-0.25, -0.2) is 0 Å². The Morgan fingerprint density at radius 2 is 1.41 bits per heavy atom. The van der Waals surface area contributed by atoms with E-state index in [9.17, 15) is 0 Å². The average molecular weight is 224 g/mol. The van der Waals surface area contributed by atoms with Gasteiger partial charge >= 0.3 is 0 Å². The minimum absolute atomic E-state index is 0.108. The van der Waals surface area contributed by atoms with Crippen molar-refractivity contribution in [2.45, 2.75) is 13.8 Å². The van der Waals surface area contributed by atoms with E-state index < -0.39 is 0 Å². The van der Waals surface area contributed by atoms with Crippen LogP contribution in [0.1, 0.15) is 16.7 Å². The number of rotatable bonds is 2. The number of hydrogen-bond donors (Lipinski definition) is 2. The SMILES string of the molecule is Cc1cc(C)cc(-c2ccc(C(=N)N)cc2)c1. The quantitative estimate of drug-likeness (QED) is 0.597. The van der Waals surface area contributed by atoms with Crippen molar-refractivity contribution in [2.24, 2.45) is 5.73 Å². The van der Waals surface area contributed by atoms with Crippen molar-refractivity contribution in [3.63, 3.8) is 0 Å². The van der Waals surface area contributed by atoms with Crippen molar-refractivity contribution in [3.05, 3.63) is 59.2 Å². The highest BCUT2D eigenvalue weighted by atomic mass is 14.7. The second-order valence-corrected chi connectivity index (χ2v) is 4.37. The number of nitrogens with one attached hydrogen (secondary N) is 1. The molecule has 2 nitrogen and oxygen atoms in total. The zero-order valence-corrected chi connectivity index (χ0v) is 10.1. The first kappa shape index (κ1) is 11.4. The fraction of sp³-hybridized carbons (Fsp3) is 0.133. The van der Waals surface area contributed by atoms with Gasteiger partial charge in [-0.05, 0) is 25.0 Å². The molecule has 0 saturated carbocycles. The molecule has 2 rings (SSSR count). The Bertz CT molecular complexity index is 533. The Labute approximate surface area is 102 Å². The van der Waals surface area contributed by atoms with Gasteiger partial charge in [-0.2, -0.15) is 0 Å². The summed E-state index contributed by atoms with van der Waals surface area (Å²) >= 11 is 0. The summed E-state index contributed by atoms with van der Waals surface area (Å²) in [5.41, 5.74) is 11.1. The van der Waals surface area contributed by atoms with Crippen LogP contribution in [0, 0.1) is 19.3 Å². The van der Waals surface area contributed by atoms with E-state index in [-0.39, 0.29) is 5.84 Å². The maximum absolute atomic E-state index is 7.36. The predicted octanol–water partition coefficient (Wildman–Crippen LogP) is 3.25. The van der Waals surface area contributed by atoms with E-state index in [0.29, 0.717) is 0 Å². The molecule has 17 heavy (non-hydrogen) atoms. The lowest BCUT2D eigenvalue weighted by molar-refractivity contribution is 1.38. The summed E-state index contributed by atoms with van der Waals surface area (Å²) in [4.78, 5) is 0. The van der Waals surface area contributed by atoms with Crippen LogP contribution in [0.3, 0.4) is 0 Å². The molecule has 2 heteroatoms. The molecular formula is C15H16N2. The molecule has 0 unspecified atom stereocenters. The van der Waals surface area contributed by atoms with E-state index in [4.69, 9.17) is 11.1 Å². The Morgan fingerprint density at radius 3 is 1.88 bits per heavy atom. The standard InChI is InChI=1S/C15H16N2/c1-10-7-11(2)9-14(8-10)12-3-5-13(6-4-12)15(16)17/h3-9H,1-2H3,(H3,16,17). The lowest BCUT2D eigenvalue weighted by atomic mass is 10.00. The van der Waals surface area contributed by atoms with Gasteiger partial charge < -0.3 is 5.73 Å². The zero-order chi connectivity index (χ0) is 12.4. The summed E-state index contributed by atoms with van der Waals surface area (Å²) in [5, 5.41) is 7.36. The average Bonchev–Trinajstić information content (AvgIpc) is 2.28. The van der Waals surface area contributed by atoms with Crippen molar-refractivity contribution in [1.29, 1.82) is 5.41 Å². The fourth-order valence-corrected chi connectivity index (χ4v) is 1.98. The van der Waals surface area contributed by atoms with Crippen LogP contribution < -0.4 is 5.73 Å². The summed E-state index contributed by atoms with van der Waals surface area (Å²) in [7, 11) is 0. The second-order valence-electron chi connectivity index (χ2n) is 4.37. The molecule has 3 N–H and O–H groups in total. The Kier molecular flexibility index (Phi) is 2.96. The highest BCUT2D eigenvalue weighted by Gasteiger charge is 2.01. The smallest absolute Gasteiger partial charge is 0.122 e. The van der Waals surface area contributed by atoms with E-state index in [0.717, 1.165) is 11.1 Å². The van der Waals surface area contributed by atoms with E-state index in [1.165, 1.54) is 16.7 Å². The van der Waals surface area contributed by atoms with Crippen LogP contribution in [0.25, 0.3) is 11.1 Å². The van der Waals surface area contributed by atoms with Gasteiger partial charge in [-0.15, -0.1) is 0 Å². The molecule has 0 amide bonds. The van der Waals surface area contributed by atoms with Gasteiger partial charge in [0.05, 0.1) is 0 Å². The number of amidine groups is 1. The third kappa shape index (κ3) is 2.53. The molecule has 0 aliphatic heterocycles. The largest absolute Gasteiger partial charge is 0.384 e. The summed E-state index contributed by atoms with van der Waals surface area (Å²) in [5.74, 6) is 0.108. The molecule has 0 radical (unpaired) electrons. The van der Waals surface area contributed by atoms with Gasteiger partial charge in [0.2, 0.25) is 0 Å². The van der Waals surface area contributed by atoms with Crippen LogP contribution in [0.5, 0.6) is 0 Å². The summed E-state index contributed by atoms with van der Waals surface area (Å²) in [6.07, 6.45) is 0. The van der Waals surface area contributed by atoms with Crippen molar-refractivity contribution in [1.82, 2.24) is 0 Å². The molecular weight excluding hydrogens is 208 g/mol. The van der Waals surface area contributed by atoms with Crippen molar-refractivity contribution in [3.8, 4) is 11.1 Å². The molecule has 0 aliphatic carbocycles. The van der Waals surface area contributed by atoms with Crippen LogP contribution in [0.15, 0.2) is 42.5 Å². The van der Waals surface area contributed by atoms with E-state index in [1.807, 2.05) is 24.3 Å². The third-order valence-electron chi connectivity index (χ3n) is 2.75. The Balaban J connectivity index is 2.43. The Hall–Kier alpha value is -2.09. The van der Waals surface area contributed by atoms with Crippen molar-refractivity contribution >= 4 is 5.84 Å².